The first-order chi connectivity index (χ1) is 14.9. The van der Waals surface area contributed by atoms with Crippen molar-refractivity contribution in [2.75, 3.05) is 14.2 Å². The van der Waals surface area contributed by atoms with Crippen LogP contribution in [0.4, 0.5) is 13.2 Å². The van der Waals surface area contributed by atoms with Gasteiger partial charge in [0.05, 0.1) is 19.9 Å². The van der Waals surface area contributed by atoms with Crippen LogP contribution in [0.25, 0.3) is 22.2 Å². The molecule has 2 heterocycles. The summed E-state index contributed by atoms with van der Waals surface area (Å²) in [5.74, 6) is -4.09. The molecule has 4 aromatic rings. The number of halogens is 3. The van der Waals surface area contributed by atoms with Gasteiger partial charge in [-0.1, -0.05) is 6.07 Å². The van der Waals surface area contributed by atoms with Gasteiger partial charge in [0.1, 0.15) is 11.4 Å². The van der Waals surface area contributed by atoms with Crippen LogP contribution in [0.5, 0.6) is 5.75 Å². The van der Waals surface area contributed by atoms with E-state index in [4.69, 9.17) is 9.47 Å². The summed E-state index contributed by atoms with van der Waals surface area (Å²) < 4.78 is 51.3. The van der Waals surface area contributed by atoms with Gasteiger partial charge in [0, 0.05) is 34.6 Å². The lowest BCUT2D eigenvalue weighted by Gasteiger charge is -2.08. The fraction of sp³-hybridized carbons (Fsp3) is 0.130. The number of pyridine rings is 1. The molecule has 0 aliphatic carbocycles. The molecule has 1 N–H and O–H groups in total. The fourth-order valence-corrected chi connectivity index (χ4v) is 3.47. The molecule has 4 rings (SSSR count). The minimum absolute atomic E-state index is 0.141. The summed E-state index contributed by atoms with van der Waals surface area (Å²) in [7, 11) is 2.79. The normalized spacial score (nSPS) is 11.0. The zero-order valence-corrected chi connectivity index (χ0v) is 16.6. The molecular formula is C23H17F3N2O3. The number of carbonyl (C=O) groups excluding carboxylic acids is 1. The van der Waals surface area contributed by atoms with E-state index in [0.717, 1.165) is 17.5 Å². The summed E-state index contributed by atoms with van der Waals surface area (Å²) in [5, 5.41) is 0.770. The number of H-pyrrole nitrogens is 1. The minimum Gasteiger partial charge on any atom is -0.497 e. The Kier molecular flexibility index (Phi) is 5.37. The molecule has 0 amide bonds. The Morgan fingerprint density at radius 1 is 1.03 bits per heavy atom. The number of carbonyl (C=O) groups is 1. The molecule has 0 fully saturated rings. The van der Waals surface area contributed by atoms with Gasteiger partial charge in [0.2, 0.25) is 0 Å². The van der Waals surface area contributed by atoms with Crippen molar-refractivity contribution in [2.45, 2.75) is 6.42 Å². The van der Waals surface area contributed by atoms with E-state index in [-0.39, 0.29) is 17.7 Å². The second-order valence-electron chi connectivity index (χ2n) is 6.83. The van der Waals surface area contributed by atoms with Crippen LogP contribution < -0.4 is 4.74 Å². The van der Waals surface area contributed by atoms with Gasteiger partial charge in [-0.2, -0.15) is 0 Å². The van der Waals surface area contributed by atoms with Crippen LogP contribution >= 0.6 is 0 Å². The van der Waals surface area contributed by atoms with Gasteiger partial charge in [0.15, 0.2) is 17.5 Å². The number of rotatable bonds is 5. The van der Waals surface area contributed by atoms with Crippen LogP contribution in [0.15, 0.2) is 48.5 Å². The number of hydrogen-bond acceptors (Lipinski definition) is 4. The smallest absolute Gasteiger partial charge is 0.356 e. The second kappa shape index (κ2) is 8.14. The molecule has 0 atom stereocenters. The lowest BCUT2D eigenvalue weighted by atomic mass is 10.0. The van der Waals surface area contributed by atoms with Gasteiger partial charge >= 0.3 is 5.97 Å². The summed E-state index contributed by atoms with van der Waals surface area (Å²) in [5.41, 5.74) is 2.58. The number of aromatic amines is 1. The zero-order chi connectivity index (χ0) is 22.1. The summed E-state index contributed by atoms with van der Waals surface area (Å²) >= 11 is 0. The lowest BCUT2D eigenvalue weighted by Crippen LogP contribution is -2.06. The Morgan fingerprint density at radius 3 is 2.45 bits per heavy atom. The van der Waals surface area contributed by atoms with E-state index in [1.54, 1.807) is 24.3 Å². The van der Waals surface area contributed by atoms with Crippen LogP contribution in [-0.2, 0) is 11.2 Å². The molecule has 0 bridgehead atoms. The molecule has 5 nitrogen and oxygen atoms in total. The van der Waals surface area contributed by atoms with E-state index in [9.17, 15) is 18.0 Å². The van der Waals surface area contributed by atoms with Crippen molar-refractivity contribution in [1.29, 1.82) is 0 Å². The van der Waals surface area contributed by atoms with Gasteiger partial charge in [-0.05, 0) is 42.0 Å². The maximum atomic E-state index is 13.9. The summed E-state index contributed by atoms with van der Waals surface area (Å²) in [4.78, 5) is 19.3. The second-order valence-corrected chi connectivity index (χ2v) is 6.83. The summed E-state index contributed by atoms with van der Waals surface area (Å²) in [6.07, 6.45) is 0.243. The Balaban J connectivity index is 1.89. The molecule has 31 heavy (non-hydrogen) atoms. The highest BCUT2D eigenvalue weighted by Gasteiger charge is 2.19. The predicted molar refractivity (Wildman–Crippen MR) is 109 cm³/mol. The largest absolute Gasteiger partial charge is 0.497 e. The molecule has 0 spiro atoms. The molecule has 2 aromatic carbocycles. The Bertz CT molecular complexity index is 1280. The molecule has 158 valence electrons. The average molecular weight is 426 g/mol. The number of fused-ring (bicyclic) bond motifs is 1. The van der Waals surface area contributed by atoms with Crippen LogP contribution in [0.3, 0.4) is 0 Å². The van der Waals surface area contributed by atoms with Gasteiger partial charge in [0.25, 0.3) is 0 Å². The summed E-state index contributed by atoms with van der Waals surface area (Å²) in [6, 6.07) is 12.1. The third-order valence-electron chi connectivity index (χ3n) is 4.94. The highest BCUT2D eigenvalue weighted by molar-refractivity contribution is 5.92. The molecule has 0 aliphatic heterocycles. The molecular weight excluding hydrogens is 409 g/mol. The SMILES string of the molecule is COC(=O)c1cccc(Cc2c(-c3cc(F)c(F)c(F)c3)[nH]c3cc(OC)ccc23)n1. The highest BCUT2D eigenvalue weighted by Crippen LogP contribution is 2.34. The van der Waals surface area contributed by atoms with Crippen molar-refractivity contribution >= 4 is 16.9 Å². The molecule has 0 aliphatic rings. The van der Waals surface area contributed by atoms with Gasteiger partial charge in [-0.3, -0.25) is 0 Å². The van der Waals surface area contributed by atoms with E-state index in [0.29, 0.717) is 28.2 Å². The summed E-state index contributed by atoms with van der Waals surface area (Å²) in [6.45, 7) is 0. The van der Waals surface area contributed by atoms with Gasteiger partial charge < -0.3 is 14.5 Å². The molecule has 8 heteroatoms. The van der Waals surface area contributed by atoms with Crippen molar-refractivity contribution in [3.05, 3.63) is 82.9 Å². The monoisotopic (exact) mass is 426 g/mol. The molecule has 0 saturated carbocycles. The van der Waals surface area contributed by atoms with E-state index in [1.807, 2.05) is 6.07 Å². The van der Waals surface area contributed by atoms with Gasteiger partial charge in [-0.15, -0.1) is 0 Å². The Hall–Kier alpha value is -3.81. The molecule has 2 aromatic heterocycles. The van der Waals surface area contributed by atoms with Crippen molar-refractivity contribution < 1.29 is 27.4 Å². The van der Waals surface area contributed by atoms with Crippen molar-refractivity contribution in [3.8, 4) is 17.0 Å². The maximum Gasteiger partial charge on any atom is 0.356 e. The van der Waals surface area contributed by atoms with E-state index in [1.165, 1.54) is 20.3 Å². The van der Waals surface area contributed by atoms with Crippen molar-refractivity contribution in [1.82, 2.24) is 9.97 Å². The molecule has 0 radical (unpaired) electrons. The quantitative estimate of drug-likeness (QED) is 0.359. The van der Waals surface area contributed by atoms with Crippen LogP contribution in [0.1, 0.15) is 21.7 Å². The van der Waals surface area contributed by atoms with E-state index in [2.05, 4.69) is 9.97 Å². The number of nitrogens with one attached hydrogen (secondary N) is 1. The van der Waals surface area contributed by atoms with E-state index >= 15 is 0 Å². The van der Waals surface area contributed by atoms with Gasteiger partial charge in [-0.25, -0.2) is 22.9 Å². The fourth-order valence-electron chi connectivity index (χ4n) is 3.47. The topological polar surface area (TPSA) is 64.2 Å². The van der Waals surface area contributed by atoms with Crippen LogP contribution in [0, 0.1) is 17.5 Å². The number of ether oxygens (including phenoxy) is 2. The number of aromatic nitrogens is 2. The lowest BCUT2D eigenvalue weighted by molar-refractivity contribution is 0.0593. The maximum absolute atomic E-state index is 13.9. The minimum atomic E-state index is -1.53. The number of benzene rings is 2. The predicted octanol–water partition coefficient (Wildman–Crippen LogP) is 5.03. The van der Waals surface area contributed by atoms with Crippen LogP contribution in [0.2, 0.25) is 0 Å². The first-order valence-electron chi connectivity index (χ1n) is 9.29. The standard InChI is InChI=1S/C23H17F3N2O3/c1-30-14-6-7-15-16(10-13-4-3-5-19(27-13)23(29)31-2)22(28-20(15)11-14)12-8-17(24)21(26)18(25)9-12/h3-9,11,28H,10H2,1-2H3. The number of hydrogen-bond donors (Lipinski definition) is 1. The zero-order valence-electron chi connectivity index (χ0n) is 16.6. The van der Waals surface area contributed by atoms with Crippen molar-refractivity contribution in [2.24, 2.45) is 0 Å². The van der Waals surface area contributed by atoms with Crippen LogP contribution in [-0.4, -0.2) is 30.2 Å². The Labute approximate surface area is 175 Å². The third kappa shape index (κ3) is 3.84. The molecule has 0 saturated heterocycles. The molecule has 0 unspecified atom stereocenters. The first-order valence-corrected chi connectivity index (χ1v) is 9.29. The Morgan fingerprint density at radius 2 is 1.77 bits per heavy atom. The highest BCUT2D eigenvalue weighted by atomic mass is 19.2. The third-order valence-corrected chi connectivity index (χ3v) is 4.94. The van der Waals surface area contributed by atoms with E-state index < -0.39 is 23.4 Å². The number of nitrogens with zero attached hydrogens (tertiary/aromatic N) is 1. The number of methoxy groups -OCH3 is 2. The van der Waals surface area contributed by atoms with Crippen molar-refractivity contribution in [3.63, 3.8) is 0 Å². The number of esters is 1. The first kappa shape index (κ1) is 20.5. The average Bonchev–Trinajstić information content (AvgIpc) is 3.14.